The van der Waals surface area contributed by atoms with Crippen LogP contribution in [-0.4, -0.2) is 88.6 Å². The third-order valence-electron chi connectivity index (χ3n) is 18.3. The molecule has 18 rings (SSSR count). The summed E-state index contributed by atoms with van der Waals surface area (Å²) < 4.78 is 37.2. The number of hydrogen-bond donors (Lipinski definition) is 6. The largest absolute Gasteiger partial charge is 0.478 e. The fraction of sp³-hybridized carbons (Fsp3) is 0. The van der Waals surface area contributed by atoms with E-state index in [1.54, 1.807) is 125 Å². The molecule has 0 aliphatic carbocycles. The Hall–Kier alpha value is -15.2. The van der Waals surface area contributed by atoms with Crippen LogP contribution in [0.4, 0.5) is 38.5 Å². The molecule has 0 unspecified atom stereocenters. The molecule has 4 aliphatic rings. The van der Waals surface area contributed by atoms with Crippen LogP contribution in [0.15, 0.2) is 371 Å². The third-order valence-corrected chi connectivity index (χ3v) is 22.9. The number of nitrogens with zero attached hydrogens (tertiary/aromatic N) is 6. The molecule has 0 saturated carbocycles. The zero-order chi connectivity index (χ0) is 88.6. The lowest BCUT2D eigenvalue weighted by molar-refractivity contribution is -0.116. The molecule has 626 valence electrons. The highest BCUT2D eigenvalue weighted by atomic mass is 79.9. The van der Waals surface area contributed by atoms with Crippen molar-refractivity contribution >= 4 is 201 Å². The number of hydrogen-bond acceptors (Lipinski definition) is 20. The average Bonchev–Trinajstić information content (AvgIpc) is 1.64. The molecule has 4 aliphatic heterocycles. The number of carboxylic acids is 4. The Morgan fingerprint density at radius 1 is 0.362 bits per heavy atom. The maximum atomic E-state index is 13.3. The number of aromatic carboxylic acids is 4. The summed E-state index contributed by atoms with van der Waals surface area (Å²) in [6.07, 6.45) is 6.55. The number of amides is 4. The highest BCUT2D eigenvalue weighted by molar-refractivity contribution is 9.10. The van der Waals surface area contributed by atoms with Crippen molar-refractivity contribution in [2.45, 2.75) is 0 Å². The van der Waals surface area contributed by atoms with Gasteiger partial charge in [0, 0.05) is 51.0 Å². The van der Waals surface area contributed by atoms with E-state index in [0.29, 0.717) is 114 Å². The second kappa shape index (κ2) is 40.0. The molecule has 14 aromatic rings. The van der Waals surface area contributed by atoms with Gasteiger partial charge in [-0.3, -0.25) is 29.0 Å². The highest BCUT2D eigenvalue weighted by Gasteiger charge is 2.37. The molecule has 10 aromatic carbocycles. The van der Waals surface area contributed by atoms with Crippen molar-refractivity contribution in [2.75, 3.05) is 9.80 Å². The van der Waals surface area contributed by atoms with Gasteiger partial charge in [-0.15, -0.1) is 0 Å². The van der Waals surface area contributed by atoms with Gasteiger partial charge in [-0.1, -0.05) is 149 Å². The van der Waals surface area contributed by atoms with Gasteiger partial charge in [0.05, 0.1) is 81.0 Å². The summed E-state index contributed by atoms with van der Waals surface area (Å²) in [6, 6.07) is 88.4. The van der Waals surface area contributed by atoms with E-state index in [-0.39, 0.29) is 51.7 Å². The summed E-state index contributed by atoms with van der Waals surface area (Å²) >= 11 is 14.5. The number of carboxylic acid groups (broad SMARTS) is 4. The number of amidine groups is 4. The lowest BCUT2D eigenvalue weighted by Crippen LogP contribution is -2.28. The molecule has 4 aromatic heterocycles. The number of carbonyl (C=O) groups excluding carboxylic acids is 4. The molecule has 8 heterocycles. The number of thioether (sulfide) groups is 4. The van der Waals surface area contributed by atoms with Gasteiger partial charge < -0.3 is 48.7 Å². The second-order valence-electron chi connectivity index (χ2n) is 27.0. The Kier molecular flexibility index (Phi) is 27.3. The number of carbonyl (C=O) groups is 8. The average molecular weight is 1850 g/mol. The second-order valence-corrected chi connectivity index (χ2v) is 32.4. The molecule has 4 saturated heterocycles. The van der Waals surface area contributed by atoms with Crippen LogP contribution in [0.5, 0.6) is 0 Å². The molecule has 6 N–H and O–H groups in total. The molecule has 0 radical (unpaired) electrons. The normalized spacial score (nSPS) is 16.1. The summed E-state index contributed by atoms with van der Waals surface area (Å²) in [5.41, 5.74) is 7.25. The molecule has 24 nitrogen and oxygen atoms in total. The van der Waals surface area contributed by atoms with Crippen molar-refractivity contribution in [1.82, 2.24) is 10.6 Å². The Morgan fingerprint density at radius 3 is 1.18 bits per heavy atom. The number of anilines is 2. The van der Waals surface area contributed by atoms with Crippen molar-refractivity contribution in [3.63, 3.8) is 0 Å². The van der Waals surface area contributed by atoms with Gasteiger partial charge in [-0.2, -0.15) is 0 Å². The van der Waals surface area contributed by atoms with E-state index < -0.39 is 23.9 Å². The number of rotatable bonds is 18. The summed E-state index contributed by atoms with van der Waals surface area (Å²) in [5.74, 6) is -1.60. The predicted molar refractivity (Wildman–Crippen MR) is 498 cm³/mol. The van der Waals surface area contributed by atoms with Gasteiger partial charge in [0.15, 0.2) is 20.7 Å². The van der Waals surface area contributed by atoms with Gasteiger partial charge >= 0.3 is 23.9 Å². The highest BCUT2D eigenvalue weighted by Crippen LogP contribution is 2.42. The molecule has 4 fully saturated rings. The first-order valence-electron chi connectivity index (χ1n) is 37.9. The summed E-state index contributed by atoms with van der Waals surface area (Å²) in [7, 11) is 0. The number of aliphatic imine (C=N–C) groups is 4. The SMILES string of the molecule is O=C(O)c1ccc(-c2ccc(/C=C3/SC(=Nc4ccccc4)N(c4ccccc4)C3=O)o2)cc1.O=C(O)c1ccc(-c2ccc(/C=C3\SC(=Nc4ccccc4)N(c4ccccc4)C3=O)o2)cc1.O=C1NC(=Nc2ccc(F)cc2)S/C1=C\c1ccc(-c2cc(C(=O)O)ccc2Cl)o1.O=C1NC(=Nc2cccc(Br)c2)S/C1=C\c1ccc(-c2ccccc2C(=O)O)o1. The Balaban J connectivity index is 0.000000131. The first kappa shape index (κ1) is 86.7. The molecule has 4 amide bonds. The molecule has 0 atom stereocenters. The molecule has 31 heteroatoms. The van der Waals surface area contributed by atoms with E-state index in [9.17, 15) is 47.9 Å². The van der Waals surface area contributed by atoms with Gasteiger partial charge in [-0.25, -0.2) is 43.5 Å². The van der Waals surface area contributed by atoms with E-state index in [1.807, 2.05) is 146 Å². The van der Waals surface area contributed by atoms with Crippen molar-refractivity contribution in [2.24, 2.45) is 20.0 Å². The quantitative estimate of drug-likeness (QED) is 0.0435. The molecule has 127 heavy (non-hydrogen) atoms. The first-order valence-corrected chi connectivity index (χ1v) is 42.4. The van der Waals surface area contributed by atoms with Crippen LogP contribution in [0.1, 0.15) is 64.5 Å². The standard InChI is InChI=1S/2C27H18N2O4S.C21H13BrN2O4S.C21H12ClFN2O4S/c2*30-25-24(17-22-15-16-23(33-22)18-11-13-19(14-12-18)26(31)32)34-27(28-20-7-3-1-4-8-20)29(25)21-9-5-2-6-10-21;22-12-4-3-5-13(10-12)23-21-24-19(25)18(29-21)11-14-8-9-17(28-14)15-6-1-2-7-16(15)20(26)27;22-16-7-1-11(20(27)28)9-15(16)17-8-6-14(29-17)10-18-19(26)25-21(30-18)24-13-4-2-12(23)3-5-13/h2*1-17H,(H,31,32);1-11H,(H,26,27)(H,23,24,25);1-10H,(H,27,28)(H,24,25,26)/b24-17+,28-27?;24-17-,28-27?;18-11-;18-10-. The van der Waals surface area contributed by atoms with Crippen LogP contribution in [0, 0.1) is 5.82 Å². The van der Waals surface area contributed by atoms with Crippen LogP contribution < -0.4 is 20.4 Å². The monoisotopic (exact) mass is 1840 g/mol. The van der Waals surface area contributed by atoms with E-state index in [1.165, 1.54) is 108 Å². The lowest BCUT2D eigenvalue weighted by atomic mass is 10.1. The number of para-hydroxylation sites is 4. The fourth-order valence-electron chi connectivity index (χ4n) is 12.3. The zero-order valence-electron chi connectivity index (χ0n) is 65.4. The number of furan rings is 4. The third kappa shape index (κ3) is 21.9. The topological polar surface area (TPSA) is 350 Å². The smallest absolute Gasteiger partial charge is 0.336 e. The zero-order valence-corrected chi connectivity index (χ0v) is 71.0. The Bertz CT molecular complexity index is 6630. The summed E-state index contributed by atoms with van der Waals surface area (Å²) in [5, 5.41) is 44.3. The maximum Gasteiger partial charge on any atom is 0.336 e. The number of halogens is 3. The van der Waals surface area contributed by atoms with Crippen LogP contribution in [0.2, 0.25) is 5.02 Å². The number of benzene rings is 10. The van der Waals surface area contributed by atoms with Crippen LogP contribution in [0.25, 0.3) is 69.6 Å². The minimum absolute atomic E-state index is 0.0816. The van der Waals surface area contributed by atoms with Gasteiger partial charge in [-0.05, 0) is 235 Å². The lowest BCUT2D eigenvalue weighted by Gasteiger charge is -2.15. The predicted octanol–water partition coefficient (Wildman–Crippen LogP) is 23.5. The minimum Gasteiger partial charge on any atom is -0.478 e. The fourth-order valence-corrected chi connectivity index (χ4v) is 16.5. The van der Waals surface area contributed by atoms with E-state index in [4.69, 9.17) is 54.6 Å². The molecule has 0 bridgehead atoms. The maximum absolute atomic E-state index is 13.3. The molecule has 0 spiro atoms. The molecular formula is C96H61BrClFN8O16S4. The van der Waals surface area contributed by atoms with Gasteiger partial charge in [0.2, 0.25) is 0 Å². The minimum atomic E-state index is -1.08. The first-order chi connectivity index (χ1) is 61.5. The van der Waals surface area contributed by atoms with Crippen LogP contribution >= 0.6 is 74.6 Å². The van der Waals surface area contributed by atoms with Crippen LogP contribution in [0.3, 0.4) is 0 Å². The van der Waals surface area contributed by atoms with Crippen molar-refractivity contribution in [3.05, 3.63) is 390 Å². The van der Waals surface area contributed by atoms with Crippen molar-refractivity contribution < 1.29 is 80.8 Å². The van der Waals surface area contributed by atoms with Crippen molar-refractivity contribution in [3.8, 4) is 45.3 Å². The number of nitrogens with one attached hydrogen (secondary N) is 2. The van der Waals surface area contributed by atoms with E-state index in [2.05, 4.69) is 36.5 Å². The summed E-state index contributed by atoms with van der Waals surface area (Å²) in [6.45, 7) is 0. The van der Waals surface area contributed by atoms with Gasteiger partial charge in [0.1, 0.15) is 51.9 Å². The van der Waals surface area contributed by atoms with Crippen molar-refractivity contribution in [1.29, 1.82) is 0 Å². The van der Waals surface area contributed by atoms with Gasteiger partial charge in [0.25, 0.3) is 23.6 Å². The Morgan fingerprint density at radius 2 is 0.740 bits per heavy atom. The van der Waals surface area contributed by atoms with E-state index in [0.717, 1.165) is 50.1 Å². The van der Waals surface area contributed by atoms with Crippen LogP contribution in [-0.2, 0) is 19.2 Å². The summed E-state index contributed by atoms with van der Waals surface area (Å²) in [4.78, 5) is 119. The Labute approximate surface area is 751 Å². The van der Waals surface area contributed by atoms with E-state index >= 15 is 0 Å². The molecular weight excluding hydrogens is 1780 g/mol.